The van der Waals surface area contributed by atoms with Gasteiger partial charge in [-0.25, -0.2) is 0 Å². The second kappa shape index (κ2) is 6.46. The van der Waals surface area contributed by atoms with E-state index in [1.165, 1.54) is 51.4 Å². The molecule has 3 heteroatoms. The van der Waals surface area contributed by atoms with E-state index in [0.29, 0.717) is 11.3 Å². The smallest absolute Gasteiger partial charge is 0.168 e. The molecule has 1 unspecified atom stereocenters. The van der Waals surface area contributed by atoms with Crippen molar-refractivity contribution in [2.75, 3.05) is 13.2 Å². The van der Waals surface area contributed by atoms with E-state index in [-0.39, 0.29) is 11.9 Å². The van der Waals surface area contributed by atoms with Gasteiger partial charge in [-0.3, -0.25) is 0 Å². The lowest BCUT2D eigenvalue weighted by Crippen LogP contribution is -2.52. The first-order valence-electron chi connectivity index (χ1n) is 11.5. The number of aliphatic hydroxyl groups is 1. The van der Waals surface area contributed by atoms with Crippen LogP contribution in [-0.4, -0.2) is 30.2 Å². The summed E-state index contributed by atoms with van der Waals surface area (Å²) in [6.07, 6.45) is 13.0. The van der Waals surface area contributed by atoms with Gasteiger partial charge in [0.25, 0.3) is 0 Å². The van der Waals surface area contributed by atoms with Gasteiger partial charge in [0, 0.05) is 12.8 Å². The number of fused-ring (bicyclic) bond motifs is 5. The van der Waals surface area contributed by atoms with E-state index < -0.39 is 0 Å². The Morgan fingerprint density at radius 2 is 1.69 bits per heavy atom. The minimum atomic E-state index is -0.208. The standard InChI is InChI=1S/C23H38O3/c1-3-22-10-8-18-17-9-11-23(25-12-13-26-23)14-16(17)4-5-19(18)21(22)7-6-20(22)15(2)24/h15-21,24H,3-14H2,1-2H3/t15?,16-,17+,18-,19-,20-,21+,22-/m1/s1. The van der Waals surface area contributed by atoms with E-state index in [1.807, 2.05) is 0 Å². The van der Waals surface area contributed by atoms with Crippen LogP contribution in [0.2, 0.25) is 0 Å². The Bertz CT molecular complexity index is 526. The molecule has 8 atom stereocenters. The molecule has 5 rings (SSSR count). The molecule has 26 heavy (non-hydrogen) atoms. The van der Waals surface area contributed by atoms with Crippen LogP contribution in [0.4, 0.5) is 0 Å². The molecule has 5 aliphatic rings. The molecule has 4 saturated carbocycles. The van der Waals surface area contributed by atoms with Crippen molar-refractivity contribution < 1.29 is 14.6 Å². The lowest BCUT2D eigenvalue weighted by Gasteiger charge is -2.58. The Balaban J connectivity index is 1.36. The van der Waals surface area contributed by atoms with Crippen LogP contribution in [0.1, 0.15) is 78.1 Å². The maximum Gasteiger partial charge on any atom is 0.168 e. The number of hydrogen-bond acceptors (Lipinski definition) is 3. The van der Waals surface area contributed by atoms with Crippen molar-refractivity contribution in [3.63, 3.8) is 0 Å². The first-order valence-corrected chi connectivity index (χ1v) is 11.5. The van der Waals surface area contributed by atoms with Gasteiger partial charge in [0.05, 0.1) is 19.3 Å². The van der Waals surface area contributed by atoms with Gasteiger partial charge in [-0.2, -0.15) is 0 Å². The summed E-state index contributed by atoms with van der Waals surface area (Å²) in [6, 6.07) is 0. The monoisotopic (exact) mass is 362 g/mol. The van der Waals surface area contributed by atoms with Crippen LogP contribution in [0, 0.1) is 40.9 Å². The Hall–Kier alpha value is -0.120. The summed E-state index contributed by atoms with van der Waals surface area (Å²) in [5, 5.41) is 10.5. The van der Waals surface area contributed by atoms with Crippen molar-refractivity contribution in [1.29, 1.82) is 0 Å². The van der Waals surface area contributed by atoms with Crippen molar-refractivity contribution in [2.24, 2.45) is 40.9 Å². The third kappa shape index (κ3) is 2.49. The molecular weight excluding hydrogens is 324 g/mol. The highest BCUT2D eigenvalue weighted by Gasteiger charge is 2.60. The van der Waals surface area contributed by atoms with E-state index in [2.05, 4.69) is 13.8 Å². The summed E-state index contributed by atoms with van der Waals surface area (Å²) >= 11 is 0. The number of ether oxygens (including phenoxy) is 2. The van der Waals surface area contributed by atoms with Crippen LogP contribution < -0.4 is 0 Å². The third-order valence-electron chi connectivity index (χ3n) is 9.79. The fraction of sp³-hybridized carbons (Fsp3) is 1.00. The zero-order chi connectivity index (χ0) is 17.9. The molecule has 148 valence electrons. The highest BCUT2D eigenvalue weighted by molar-refractivity contribution is 5.08. The van der Waals surface area contributed by atoms with E-state index >= 15 is 0 Å². The van der Waals surface area contributed by atoms with Gasteiger partial charge in [-0.05, 0) is 99.2 Å². The number of hydrogen-bond donors (Lipinski definition) is 1. The van der Waals surface area contributed by atoms with Crippen LogP contribution in [0.5, 0.6) is 0 Å². The largest absolute Gasteiger partial charge is 0.393 e. The SMILES string of the molecule is CC[C@]12CC[C@H]3[C@@H](CC[C@@H]4CC5(CC[C@@H]43)OCCO5)[C@@H]1CC[C@@H]2C(C)O. The second-order valence-electron chi connectivity index (χ2n) is 10.3. The van der Waals surface area contributed by atoms with E-state index in [9.17, 15) is 5.11 Å². The first kappa shape index (κ1) is 17.9. The zero-order valence-corrected chi connectivity index (χ0v) is 16.8. The van der Waals surface area contributed by atoms with Crippen LogP contribution >= 0.6 is 0 Å². The van der Waals surface area contributed by atoms with Gasteiger partial charge in [0.1, 0.15) is 0 Å². The Morgan fingerprint density at radius 3 is 2.42 bits per heavy atom. The summed E-state index contributed by atoms with van der Waals surface area (Å²) < 4.78 is 12.1. The average Bonchev–Trinajstić information content (AvgIpc) is 3.26. The molecule has 0 amide bonds. The molecule has 1 N–H and O–H groups in total. The van der Waals surface area contributed by atoms with Crippen molar-refractivity contribution in [1.82, 2.24) is 0 Å². The number of rotatable bonds is 2. The molecule has 0 aromatic heterocycles. The average molecular weight is 363 g/mol. The molecule has 1 heterocycles. The van der Waals surface area contributed by atoms with Crippen molar-refractivity contribution in [3.8, 4) is 0 Å². The molecule has 0 aromatic rings. The normalized spacial score (nSPS) is 50.9. The predicted molar refractivity (Wildman–Crippen MR) is 102 cm³/mol. The summed E-state index contributed by atoms with van der Waals surface area (Å²) in [4.78, 5) is 0. The minimum absolute atomic E-state index is 0.126. The molecular formula is C23H38O3. The summed E-state index contributed by atoms with van der Waals surface area (Å²) in [7, 11) is 0. The van der Waals surface area contributed by atoms with E-state index in [4.69, 9.17) is 9.47 Å². The fourth-order valence-electron chi connectivity index (χ4n) is 8.86. The van der Waals surface area contributed by atoms with Crippen LogP contribution in [-0.2, 0) is 9.47 Å². The van der Waals surface area contributed by atoms with E-state index in [1.54, 1.807) is 0 Å². The maximum atomic E-state index is 10.5. The molecule has 4 aliphatic carbocycles. The Kier molecular flexibility index (Phi) is 4.46. The Morgan fingerprint density at radius 1 is 0.923 bits per heavy atom. The van der Waals surface area contributed by atoms with Crippen LogP contribution in [0.3, 0.4) is 0 Å². The molecule has 0 bridgehead atoms. The minimum Gasteiger partial charge on any atom is -0.393 e. The maximum absolute atomic E-state index is 10.5. The summed E-state index contributed by atoms with van der Waals surface area (Å²) in [5.74, 6) is 4.81. The molecule has 5 fully saturated rings. The number of aliphatic hydroxyl groups excluding tert-OH is 1. The van der Waals surface area contributed by atoms with E-state index in [0.717, 1.165) is 55.6 Å². The lowest BCUT2D eigenvalue weighted by molar-refractivity contribution is -0.210. The molecule has 1 saturated heterocycles. The zero-order valence-electron chi connectivity index (χ0n) is 16.8. The van der Waals surface area contributed by atoms with Crippen molar-refractivity contribution in [3.05, 3.63) is 0 Å². The topological polar surface area (TPSA) is 38.7 Å². The van der Waals surface area contributed by atoms with Crippen molar-refractivity contribution >= 4 is 0 Å². The summed E-state index contributed by atoms with van der Waals surface area (Å²) in [6.45, 7) is 6.05. The molecule has 1 aliphatic heterocycles. The summed E-state index contributed by atoms with van der Waals surface area (Å²) in [5.41, 5.74) is 0.440. The van der Waals surface area contributed by atoms with Gasteiger partial charge >= 0.3 is 0 Å². The molecule has 0 radical (unpaired) electrons. The highest BCUT2D eigenvalue weighted by atomic mass is 16.7. The van der Waals surface area contributed by atoms with Gasteiger partial charge in [0.15, 0.2) is 5.79 Å². The van der Waals surface area contributed by atoms with Gasteiger partial charge in [-0.15, -0.1) is 0 Å². The quantitative estimate of drug-likeness (QED) is 0.769. The third-order valence-corrected chi connectivity index (χ3v) is 9.79. The predicted octanol–water partition coefficient (Wildman–Crippen LogP) is 4.77. The Labute approximate surface area is 159 Å². The second-order valence-corrected chi connectivity index (χ2v) is 10.3. The van der Waals surface area contributed by atoms with Gasteiger partial charge in [0.2, 0.25) is 0 Å². The van der Waals surface area contributed by atoms with Crippen LogP contribution in [0.25, 0.3) is 0 Å². The molecule has 3 nitrogen and oxygen atoms in total. The first-order chi connectivity index (χ1) is 12.6. The van der Waals surface area contributed by atoms with Crippen molar-refractivity contribution in [2.45, 2.75) is 89.9 Å². The van der Waals surface area contributed by atoms with Gasteiger partial charge < -0.3 is 14.6 Å². The molecule has 0 aromatic carbocycles. The van der Waals surface area contributed by atoms with Crippen LogP contribution in [0.15, 0.2) is 0 Å². The highest BCUT2D eigenvalue weighted by Crippen LogP contribution is 2.66. The van der Waals surface area contributed by atoms with Gasteiger partial charge in [-0.1, -0.05) is 6.92 Å². The molecule has 1 spiro atoms. The fourth-order valence-corrected chi connectivity index (χ4v) is 8.86. The lowest BCUT2D eigenvalue weighted by atomic mass is 9.48.